The van der Waals surface area contributed by atoms with Crippen LogP contribution < -0.4 is 16.0 Å². The normalized spacial score (nSPS) is 13.2. The molecule has 0 bridgehead atoms. The van der Waals surface area contributed by atoms with Crippen LogP contribution in [0.3, 0.4) is 0 Å². The molecule has 0 saturated carbocycles. The minimum atomic E-state index is -4.66. The van der Waals surface area contributed by atoms with Crippen molar-refractivity contribution in [2.75, 3.05) is 13.1 Å². The summed E-state index contributed by atoms with van der Waals surface area (Å²) >= 11 is 0. The summed E-state index contributed by atoms with van der Waals surface area (Å²) in [4.78, 5) is 15.8. The van der Waals surface area contributed by atoms with E-state index in [-0.39, 0.29) is 43.0 Å². The fraction of sp³-hybridized carbons (Fsp3) is 0.556. The molecular formula is C18H26F4N4O. The van der Waals surface area contributed by atoms with Crippen LogP contribution in [-0.4, -0.2) is 31.0 Å². The first-order chi connectivity index (χ1) is 12.7. The monoisotopic (exact) mass is 390 g/mol. The van der Waals surface area contributed by atoms with Gasteiger partial charge < -0.3 is 16.0 Å². The van der Waals surface area contributed by atoms with E-state index in [0.717, 1.165) is 18.6 Å². The molecule has 0 aromatic heterocycles. The van der Waals surface area contributed by atoms with E-state index in [4.69, 9.17) is 0 Å². The van der Waals surface area contributed by atoms with Gasteiger partial charge in [-0.1, -0.05) is 13.0 Å². The Kier molecular flexibility index (Phi) is 9.04. The number of rotatable bonds is 8. The predicted octanol–water partition coefficient (Wildman–Crippen LogP) is 3.20. The molecule has 0 heterocycles. The molecule has 27 heavy (non-hydrogen) atoms. The van der Waals surface area contributed by atoms with E-state index in [2.05, 4.69) is 20.9 Å². The van der Waals surface area contributed by atoms with Crippen LogP contribution >= 0.6 is 0 Å². The van der Waals surface area contributed by atoms with Gasteiger partial charge in [-0.05, 0) is 38.0 Å². The molecule has 9 heteroatoms. The van der Waals surface area contributed by atoms with Crippen molar-refractivity contribution in [1.82, 2.24) is 16.0 Å². The molecule has 0 spiro atoms. The summed E-state index contributed by atoms with van der Waals surface area (Å²) in [7, 11) is 0. The number of carbonyl (C=O) groups is 1. The van der Waals surface area contributed by atoms with E-state index in [0.29, 0.717) is 12.6 Å². The first-order valence-electron chi connectivity index (χ1n) is 8.84. The molecule has 1 unspecified atom stereocenters. The minimum Gasteiger partial charge on any atom is -0.357 e. The molecule has 0 aliphatic heterocycles. The Bertz CT molecular complexity index is 647. The SMILES string of the molecule is CCNC(=NCc1ccc(F)cc1C(F)(F)F)NCCC(=O)NC(C)CC. The van der Waals surface area contributed by atoms with Gasteiger partial charge in [0.1, 0.15) is 5.82 Å². The highest BCUT2D eigenvalue weighted by Gasteiger charge is 2.33. The number of alkyl halides is 3. The van der Waals surface area contributed by atoms with Crippen molar-refractivity contribution < 1.29 is 22.4 Å². The van der Waals surface area contributed by atoms with E-state index < -0.39 is 17.6 Å². The van der Waals surface area contributed by atoms with Gasteiger partial charge >= 0.3 is 6.18 Å². The second-order valence-corrected chi connectivity index (χ2v) is 6.05. The zero-order valence-corrected chi connectivity index (χ0v) is 15.7. The largest absolute Gasteiger partial charge is 0.416 e. The number of nitrogens with zero attached hydrogens (tertiary/aromatic N) is 1. The Hall–Kier alpha value is -2.32. The lowest BCUT2D eigenvalue weighted by Crippen LogP contribution is -2.40. The molecule has 0 radical (unpaired) electrons. The predicted molar refractivity (Wildman–Crippen MR) is 96.7 cm³/mol. The third-order valence-electron chi connectivity index (χ3n) is 3.79. The number of carbonyl (C=O) groups excluding carboxylic acids is 1. The number of aliphatic imine (C=N–C) groups is 1. The fourth-order valence-corrected chi connectivity index (χ4v) is 2.20. The fourth-order valence-electron chi connectivity index (χ4n) is 2.20. The molecule has 1 atom stereocenters. The average molecular weight is 390 g/mol. The van der Waals surface area contributed by atoms with Crippen LogP contribution in [0.25, 0.3) is 0 Å². The lowest BCUT2D eigenvalue weighted by atomic mass is 10.1. The van der Waals surface area contributed by atoms with Gasteiger partial charge in [0.25, 0.3) is 0 Å². The highest BCUT2D eigenvalue weighted by Crippen LogP contribution is 2.32. The van der Waals surface area contributed by atoms with Gasteiger partial charge in [-0.2, -0.15) is 13.2 Å². The molecule has 0 saturated heterocycles. The number of amides is 1. The van der Waals surface area contributed by atoms with Gasteiger partial charge in [0, 0.05) is 25.6 Å². The standard InChI is InChI=1S/C18H26F4N4O/c1-4-12(3)26-16(27)8-9-24-17(23-5-2)25-11-13-6-7-14(19)10-15(13)18(20,21)22/h6-7,10,12H,4-5,8-9,11H2,1-3H3,(H,26,27)(H2,23,24,25). The van der Waals surface area contributed by atoms with Gasteiger partial charge in [0.2, 0.25) is 5.91 Å². The van der Waals surface area contributed by atoms with Gasteiger partial charge in [-0.3, -0.25) is 4.79 Å². The Morgan fingerprint density at radius 1 is 1.22 bits per heavy atom. The summed E-state index contributed by atoms with van der Waals surface area (Å²) in [5.41, 5.74) is -1.18. The molecule has 152 valence electrons. The van der Waals surface area contributed by atoms with Crippen LogP contribution in [0.5, 0.6) is 0 Å². The quantitative estimate of drug-likeness (QED) is 0.363. The van der Waals surface area contributed by atoms with Crippen molar-refractivity contribution in [3.8, 4) is 0 Å². The Balaban J connectivity index is 2.73. The third kappa shape index (κ3) is 8.27. The highest BCUT2D eigenvalue weighted by molar-refractivity contribution is 5.81. The second-order valence-electron chi connectivity index (χ2n) is 6.05. The zero-order valence-electron chi connectivity index (χ0n) is 15.7. The smallest absolute Gasteiger partial charge is 0.357 e. The van der Waals surface area contributed by atoms with Crippen molar-refractivity contribution in [2.24, 2.45) is 4.99 Å². The lowest BCUT2D eigenvalue weighted by Gasteiger charge is -2.15. The molecule has 0 aliphatic carbocycles. The maximum absolute atomic E-state index is 13.2. The van der Waals surface area contributed by atoms with Gasteiger partial charge in [-0.25, -0.2) is 9.38 Å². The Morgan fingerprint density at radius 2 is 1.93 bits per heavy atom. The van der Waals surface area contributed by atoms with E-state index in [9.17, 15) is 22.4 Å². The molecular weight excluding hydrogens is 364 g/mol. The van der Waals surface area contributed by atoms with E-state index in [1.807, 2.05) is 20.8 Å². The van der Waals surface area contributed by atoms with Crippen molar-refractivity contribution in [1.29, 1.82) is 0 Å². The van der Waals surface area contributed by atoms with Gasteiger partial charge in [-0.15, -0.1) is 0 Å². The van der Waals surface area contributed by atoms with Crippen LogP contribution in [0.2, 0.25) is 0 Å². The molecule has 1 rings (SSSR count). The third-order valence-corrected chi connectivity index (χ3v) is 3.79. The number of hydrogen-bond acceptors (Lipinski definition) is 2. The summed E-state index contributed by atoms with van der Waals surface area (Å²) in [5, 5.41) is 8.63. The minimum absolute atomic E-state index is 0.0821. The van der Waals surface area contributed by atoms with Gasteiger partial charge in [0.05, 0.1) is 12.1 Å². The molecule has 5 nitrogen and oxygen atoms in total. The summed E-state index contributed by atoms with van der Waals surface area (Å²) in [6.07, 6.45) is -3.63. The maximum atomic E-state index is 13.2. The van der Waals surface area contributed by atoms with E-state index in [1.54, 1.807) is 0 Å². The van der Waals surface area contributed by atoms with Crippen molar-refractivity contribution in [3.05, 3.63) is 35.1 Å². The lowest BCUT2D eigenvalue weighted by molar-refractivity contribution is -0.138. The molecule has 1 aromatic carbocycles. The number of guanidine groups is 1. The Labute approximate surface area is 156 Å². The van der Waals surface area contributed by atoms with E-state index >= 15 is 0 Å². The van der Waals surface area contributed by atoms with E-state index in [1.165, 1.54) is 0 Å². The highest BCUT2D eigenvalue weighted by atomic mass is 19.4. The van der Waals surface area contributed by atoms with Crippen LogP contribution in [0.4, 0.5) is 17.6 Å². The van der Waals surface area contributed by atoms with Crippen molar-refractivity contribution in [3.63, 3.8) is 0 Å². The molecule has 0 aliphatic rings. The first kappa shape index (κ1) is 22.7. The molecule has 0 fully saturated rings. The number of hydrogen-bond donors (Lipinski definition) is 3. The summed E-state index contributed by atoms with van der Waals surface area (Å²) in [6.45, 7) is 6.18. The maximum Gasteiger partial charge on any atom is 0.416 e. The first-order valence-corrected chi connectivity index (χ1v) is 8.84. The molecule has 3 N–H and O–H groups in total. The number of halogens is 4. The van der Waals surface area contributed by atoms with Crippen LogP contribution in [-0.2, 0) is 17.5 Å². The zero-order chi connectivity index (χ0) is 20.4. The van der Waals surface area contributed by atoms with Crippen LogP contribution in [0.15, 0.2) is 23.2 Å². The van der Waals surface area contributed by atoms with Crippen molar-refractivity contribution >= 4 is 11.9 Å². The van der Waals surface area contributed by atoms with Crippen LogP contribution in [0.1, 0.15) is 44.7 Å². The van der Waals surface area contributed by atoms with Crippen LogP contribution in [0, 0.1) is 5.82 Å². The van der Waals surface area contributed by atoms with Gasteiger partial charge in [0.15, 0.2) is 5.96 Å². The molecule has 1 aromatic rings. The topological polar surface area (TPSA) is 65.5 Å². The summed E-state index contributed by atoms with van der Waals surface area (Å²) in [6, 6.07) is 2.59. The van der Waals surface area contributed by atoms with Crippen molar-refractivity contribution in [2.45, 2.75) is 52.4 Å². The second kappa shape index (κ2) is 10.7. The summed E-state index contributed by atoms with van der Waals surface area (Å²) < 4.78 is 52.3. The average Bonchev–Trinajstić information content (AvgIpc) is 2.59. The molecule has 1 amide bonds. The number of benzene rings is 1. The summed E-state index contributed by atoms with van der Waals surface area (Å²) in [5.74, 6) is -0.788. The Morgan fingerprint density at radius 3 is 2.52 bits per heavy atom. The number of nitrogens with one attached hydrogen (secondary N) is 3.